The zero-order chi connectivity index (χ0) is 12.0. The Morgan fingerprint density at radius 1 is 1.44 bits per heavy atom. The predicted molar refractivity (Wildman–Crippen MR) is 70.1 cm³/mol. The van der Waals surface area contributed by atoms with Gasteiger partial charge in [0, 0.05) is 6.54 Å². The monoisotopic (exact) mass is 223 g/mol. The second-order valence-corrected chi connectivity index (χ2v) is 4.87. The summed E-state index contributed by atoms with van der Waals surface area (Å²) in [7, 11) is 0. The van der Waals surface area contributed by atoms with Gasteiger partial charge in [0.25, 0.3) is 0 Å². The molecule has 0 aromatic carbocycles. The van der Waals surface area contributed by atoms with E-state index in [9.17, 15) is 0 Å². The number of ether oxygens (including phenoxy) is 1. The van der Waals surface area contributed by atoms with Gasteiger partial charge in [0.05, 0.1) is 18.4 Å². The second kappa shape index (κ2) is 6.85. The highest BCUT2D eigenvalue weighted by Gasteiger charge is 2.31. The molecule has 2 nitrogen and oxygen atoms in total. The molecule has 0 amide bonds. The Hall–Kier alpha value is -0.630. The first kappa shape index (κ1) is 13.4. The summed E-state index contributed by atoms with van der Waals surface area (Å²) in [6.07, 6.45) is 7.00. The molecule has 1 rings (SSSR count). The van der Waals surface area contributed by atoms with Gasteiger partial charge < -0.3 is 4.74 Å². The number of nitrogens with zero attached hydrogens (tertiary/aromatic N) is 1. The molecule has 1 saturated carbocycles. The third-order valence-corrected chi connectivity index (χ3v) is 3.26. The van der Waals surface area contributed by atoms with Crippen LogP contribution < -0.4 is 0 Å². The van der Waals surface area contributed by atoms with E-state index in [1.807, 2.05) is 19.1 Å². The Morgan fingerprint density at radius 2 is 2.12 bits per heavy atom. The van der Waals surface area contributed by atoms with Crippen LogP contribution in [0.2, 0.25) is 0 Å². The predicted octanol–water partition coefficient (Wildman–Crippen LogP) is 3.47. The molecule has 0 aromatic heterocycles. The first-order chi connectivity index (χ1) is 7.67. The summed E-state index contributed by atoms with van der Waals surface area (Å²) in [5.41, 5.74) is 1.07. The van der Waals surface area contributed by atoms with Crippen LogP contribution in [0, 0.1) is 11.8 Å². The topological polar surface area (TPSA) is 21.6 Å². The summed E-state index contributed by atoms with van der Waals surface area (Å²) < 4.78 is 5.84. The molecule has 0 saturated heterocycles. The maximum absolute atomic E-state index is 5.84. The smallest absolute Gasteiger partial charge is 0.0887 e. The molecule has 0 bridgehead atoms. The lowest BCUT2D eigenvalue weighted by molar-refractivity contribution is -0.0265. The van der Waals surface area contributed by atoms with Gasteiger partial charge in [0.2, 0.25) is 0 Å². The Morgan fingerprint density at radius 3 is 2.62 bits per heavy atom. The highest BCUT2D eigenvalue weighted by molar-refractivity contribution is 5.95. The van der Waals surface area contributed by atoms with E-state index in [1.165, 1.54) is 12.8 Å². The fourth-order valence-corrected chi connectivity index (χ4v) is 2.03. The van der Waals surface area contributed by atoms with Crippen LogP contribution in [-0.4, -0.2) is 25.0 Å². The van der Waals surface area contributed by atoms with Crippen molar-refractivity contribution in [3.8, 4) is 0 Å². The van der Waals surface area contributed by atoms with Crippen molar-refractivity contribution in [3.63, 3.8) is 0 Å². The largest absolute Gasteiger partial charge is 0.372 e. The van der Waals surface area contributed by atoms with Crippen molar-refractivity contribution in [1.29, 1.82) is 0 Å². The van der Waals surface area contributed by atoms with Crippen LogP contribution in [0.15, 0.2) is 17.1 Å². The molecule has 16 heavy (non-hydrogen) atoms. The van der Waals surface area contributed by atoms with Gasteiger partial charge in [0.15, 0.2) is 0 Å². The number of hydrogen-bond acceptors (Lipinski definition) is 2. The molecule has 0 atom stereocenters. The number of allylic oxidation sites excluding steroid dienone is 1. The van der Waals surface area contributed by atoms with E-state index in [0.29, 0.717) is 12.7 Å². The summed E-state index contributed by atoms with van der Waals surface area (Å²) >= 11 is 0. The van der Waals surface area contributed by atoms with Crippen molar-refractivity contribution in [1.82, 2.24) is 0 Å². The first-order valence-corrected chi connectivity index (χ1v) is 6.45. The zero-order valence-electron chi connectivity index (χ0n) is 11.1. The standard InChI is InChI=1S/C14H25NO/c1-5-7-13(15-6-2)10-16-14-8-12(9-14)11(3)4/h5,7,11-12,14H,6,8-10H2,1-4H3/b7-5-,15-13?. The van der Waals surface area contributed by atoms with E-state index in [2.05, 4.69) is 25.8 Å². The molecule has 0 aromatic rings. The van der Waals surface area contributed by atoms with Gasteiger partial charge in [-0.1, -0.05) is 19.9 Å². The van der Waals surface area contributed by atoms with Crippen molar-refractivity contribution < 1.29 is 4.74 Å². The first-order valence-electron chi connectivity index (χ1n) is 6.45. The van der Waals surface area contributed by atoms with Gasteiger partial charge in [-0.15, -0.1) is 0 Å². The summed E-state index contributed by atoms with van der Waals surface area (Å²) in [4.78, 5) is 4.40. The number of aliphatic imine (C=N–C) groups is 1. The van der Waals surface area contributed by atoms with Crippen LogP contribution in [0.4, 0.5) is 0 Å². The Bertz CT molecular complexity index is 249. The van der Waals surface area contributed by atoms with Crippen LogP contribution in [0.1, 0.15) is 40.5 Å². The highest BCUT2D eigenvalue weighted by atomic mass is 16.5. The van der Waals surface area contributed by atoms with E-state index >= 15 is 0 Å². The van der Waals surface area contributed by atoms with Crippen LogP contribution in [0.3, 0.4) is 0 Å². The van der Waals surface area contributed by atoms with Crippen molar-refractivity contribution in [3.05, 3.63) is 12.2 Å². The van der Waals surface area contributed by atoms with Gasteiger partial charge in [0.1, 0.15) is 0 Å². The Balaban J connectivity index is 2.22. The molecule has 1 aliphatic carbocycles. The molecule has 1 fully saturated rings. The molecular weight excluding hydrogens is 198 g/mol. The molecule has 0 aliphatic heterocycles. The van der Waals surface area contributed by atoms with E-state index < -0.39 is 0 Å². The zero-order valence-corrected chi connectivity index (χ0v) is 11.1. The van der Waals surface area contributed by atoms with Crippen LogP contribution in [0.25, 0.3) is 0 Å². The average Bonchev–Trinajstić information content (AvgIpc) is 2.15. The minimum absolute atomic E-state index is 0.472. The van der Waals surface area contributed by atoms with Crippen molar-refractivity contribution in [2.45, 2.75) is 46.6 Å². The van der Waals surface area contributed by atoms with Gasteiger partial charge >= 0.3 is 0 Å². The van der Waals surface area contributed by atoms with E-state index in [-0.39, 0.29) is 0 Å². The minimum atomic E-state index is 0.472. The lowest BCUT2D eigenvalue weighted by atomic mass is 9.75. The third kappa shape index (κ3) is 4.09. The summed E-state index contributed by atoms with van der Waals surface area (Å²) in [6.45, 7) is 10.2. The van der Waals surface area contributed by atoms with Crippen molar-refractivity contribution in [2.75, 3.05) is 13.2 Å². The lowest BCUT2D eigenvalue weighted by Gasteiger charge is -2.37. The summed E-state index contributed by atoms with van der Waals surface area (Å²) in [5.74, 6) is 1.68. The quantitative estimate of drug-likeness (QED) is 0.632. The maximum Gasteiger partial charge on any atom is 0.0887 e. The van der Waals surface area contributed by atoms with E-state index in [4.69, 9.17) is 4.74 Å². The molecule has 1 aliphatic rings. The van der Waals surface area contributed by atoms with E-state index in [1.54, 1.807) is 0 Å². The normalized spacial score (nSPS) is 26.4. The molecular formula is C14H25NO. The molecule has 0 heterocycles. The Labute approximate surface area is 99.8 Å². The molecule has 2 heteroatoms. The molecule has 0 radical (unpaired) electrons. The van der Waals surface area contributed by atoms with Crippen molar-refractivity contribution >= 4 is 5.71 Å². The fourth-order valence-electron chi connectivity index (χ4n) is 2.03. The third-order valence-electron chi connectivity index (χ3n) is 3.26. The highest BCUT2D eigenvalue weighted by Crippen LogP contribution is 2.35. The van der Waals surface area contributed by atoms with Crippen LogP contribution in [0.5, 0.6) is 0 Å². The second-order valence-electron chi connectivity index (χ2n) is 4.87. The van der Waals surface area contributed by atoms with Gasteiger partial charge in [-0.2, -0.15) is 0 Å². The number of hydrogen-bond donors (Lipinski definition) is 0. The molecule has 0 N–H and O–H groups in total. The molecule has 0 spiro atoms. The average molecular weight is 223 g/mol. The Kier molecular flexibility index (Phi) is 5.75. The van der Waals surface area contributed by atoms with Crippen molar-refractivity contribution in [2.24, 2.45) is 16.8 Å². The summed E-state index contributed by atoms with van der Waals surface area (Å²) in [6, 6.07) is 0. The van der Waals surface area contributed by atoms with E-state index in [0.717, 1.165) is 24.1 Å². The minimum Gasteiger partial charge on any atom is -0.372 e. The SMILES string of the molecule is C/C=C\C(COC1CC(C(C)C)C1)=NCC. The fraction of sp³-hybridized carbons (Fsp3) is 0.786. The molecule has 0 unspecified atom stereocenters. The summed E-state index contributed by atoms with van der Waals surface area (Å²) in [5, 5.41) is 0. The lowest BCUT2D eigenvalue weighted by Crippen LogP contribution is -2.35. The number of rotatable bonds is 6. The van der Waals surface area contributed by atoms with Gasteiger partial charge in [-0.05, 0) is 44.6 Å². The van der Waals surface area contributed by atoms with Crippen LogP contribution >= 0.6 is 0 Å². The van der Waals surface area contributed by atoms with Gasteiger partial charge in [-0.3, -0.25) is 4.99 Å². The molecule has 92 valence electrons. The van der Waals surface area contributed by atoms with Gasteiger partial charge in [-0.25, -0.2) is 0 Å². The maximum atomic E-state index is 5.84. The van der Waals surface area contributed by atoms with Crippen LogP contribution in [-0.2, 0) is 4.74 Å².